The monoisotopic (exact) mass is 164 g/mol. The van der Waals surface area contributed by atoms with Crippen molar-refractivity contribution >= 4 is 0 Å². The van der Waals surface area contributed by atoms with Gasteiger partial charge in [-0.1, -0.05) is 0 Å². The van der Waals surface area contributed by atoms with Crippen LogP contribution in [0, 0.1) is 0 Å². The fourth-order valence-electron chi connectivity index (χ4n) is 1.05. The molecule has 1 aromatic rings. The van der Waals surface area contributed by atoms with Gasteiger partial charge in [0.05, 0.1) is 11.8 Å². The van der Waals surface area contributed by atoms with Crippen LogP contribution < -0.4 is 10.5 Å². The minimum atomic E-state index is 0.416. The van der Waals surface area contributed by atoms with Gasteiger partial charge in [-0.3, -0.25) is 4.98 Å². The van der Waals surface area contributed by atoms with Crippen LogP contribution in [0.15, 0.2) is 18.3 Å². The van der Waals surface area contributed by atoms with Crippen molar-refractivity contribution in [1.29, 1.82) is 0 Å². The third-order valence-electron chi connectivity index (χ3n) is 1.86. The minimum absolute atomic E-state index is 0.416. The van der Waals surface area contributed by atoms with Crippen molar-refractivity contribution in [1.82, 2.24) is 4.98 Å². The average molecular weight is 164 g/mol. The summed E-state index contributed by atoms with van der Waals surface area (Å²) in [4.78, 5) is 4.13. The van der Waals surface area contributed by atoms with Gasteiger partial charge in [0.1, 0.15) is 5.75 Å². The highest BCUT2D eigenvalue weighted by molar-refractivity contribution is 5.27. The molecular weight excluding hydrogens is 152 g/mol. The van der Waals surface area contributed by atoms with Gasteiger partial charge in [0.25, 0.3) is 0 Å². The van der Waals surface area contributed by atoms with E-state index < -0.39 is 0 Å². The lowest BCUT2D eigenvalue weighted by Crippen LogP contribution is -2.05. The number of pyridine rings is 1. The quantitative estimate of drug-likeness (QED) is 0.727. The molecule has 1 heterocycles. The molecule has 1 aliphatic rings. The number of ether oxygens (including phenoxy) is 1. The van der Waals surface area contributed by atoms with Crippen LogP contribution in [0.1, 0.15) is 18.5 Å². The Kier molecular flexibility index (Phi) is 1.96. The molecule has 0 bridgehead atoms. The van der Waals surface area contributed by atoms with E-state index in [9.17, 15) is 0 Å². The van der Waals surface area contributed by atoms with Crippen molar-refractivity contribution in [3.05, 3.63) is 24.0 Å². The Morgan fingerprint density at radius 1 is 1.58 bits per heavy atom. The van der Waals surface area contributed by atoms with Crippen molar-refractivity contribution in [2.75, 3.05) is 0 Å². The Bertz CT molecular complexity index is 271. The molecule has 2 N–H and O–H groups in total. The molecule has 12 heavy (non-hydrogen) atoms. The zero-order chi connectivity index (χ0) is 8.39. The van der Waals surface area contributed by atoms with Gasteiger partial charge in [-0.05, 0) is 25.0 Å². The van der Waals surface area contributed by atoms with Gasteiger partial charge in [0, 0.05) is 12.7 Å². The molecule has 3 nitrogen and oxygen atoms in total. The molecule has 1 saturated carbocycles. The van der Waals surface area contributed by atoms with E-state index in [-0.39, 0.29) is 0 Å². The molecule has 0 atom stereocenters. The Labute approximate surface area is 71.6 Å². The topological polar surface area (TPSA) is 48.1 Å². The number of aromatic nitrogens is 1. The molecule has 0 saturated heterocycles. The third kappa shape index (κ3) is 1.56. The molecular formula is C9H12N2O. The van der Waals surface area contributed by atoms with Gasteiger partial charge in [-0.2, -0.15) is 0 Å². The van der Waals surface area contributed by atoms with Crippen molar-refractivity contribution in [2.24, 2.45) is 5.73 Å². The van der Waals surface area contributed by atoms with Gasteiger partial charge in [0.15, 0.2) is 0 Å². The summed E-state index contributed by atoms with van der Waals surface area (Å²) in [5, 5.41) is 0. The number of hydrogen-bond acceptors (Lipinski definition) is 3. The van der Waals surface area contributed by atoms with Crippen LogP contribution in [0.3, 0.4) is 0 Å². The normalized spacial score (nSPS) is 16.1. The van der Waals surface area contributed by atoms with Crippen LogP contribution in [0.25, 0.3) is 0 Å². The first-order chi connectivity index (χ1) is 5.90. The molecule has 3 heteroatoms. The molecule has 1 aliphatic carbocycles. The highest BCUT2D eigenvalue weighted by atomic mass is 16.5. The van der Waals surface area contributed by atoms with E-state index in [4.69, 9.17) is 10.5 Å². The molecule has 0 spiro atoms. The van der Waals surface area contributed by atoms with Crippen LogP contribution in [0.5, 0.6) is 5.75 Å². The molecule has 0 amide bonds. The maximum Gasteiger partial charge on any atom is 0.142 e. The van der Waals surface area contributed by atoms with E-state index in [2.05, 4.69) is 4.98 Å². The summed E-state index contributed by atoms with van der Waals surface area (Å²) in [5.74, 6) is 0.850. The molecule has 0 aromatic carbocycles. The van der Waals surface area contributed by atoms with Crippen molar-refractivity contribution in [3.63, 3.8) is 0 Å². The van der Waals surface area contributed by atoms with E-state index in [0.29, 0.717) is 12.6 Å². The smallest absolute Gasteiger partial charge is 0.142 e. The maximum atomic E-state index is 5.60. The first-order valence-electron chi connectivity index (χ1n) is 4.21. The average Bonchev–Trinajstić information content (AvgIpc) is 2.89. The molecule has 1 aromatic heterocycles. The predicted octanol–water partition coefficient (Wildman–Crippen LogP) is 1.08. The zero-order valence-corrected chi connectivity index (χ0v) is 6.86. The van der Waals surface area contributed by atoms with Gasteiger partial charge in [-0.25, -0.2) is 0 Å². The minimum Gasteiger partial charge on any atom is -0.488 e. The highest BCUT2D eigenvalue weighted by Crippen LogP contribution is 2.27. The largest absolute Gasteiger partial charge is 0.488 e. The molecule has 64 valence electrons. The maximum absolute atomic E-state index is 5.60. The summed E-state index contributed by atoms with van der Waals surface area (Å²) < 4.78 is 5.60. The van der Waals surface area contributed by atoms with Crippen LogP contribution in [-0.2, 0) is 6.54 Å². The van der Waals surface area contributed by atoms with E-state index in [1.165, 1.54) is 12.8 Å². The number of rotatable bonds is 3. The molecule has 0 radical (unpaired) electrons. The summed E-state index contributed by atoms with van der Waals surface area (Å²) in [5.41, 5.74) is 6.36. The number of hydrogen-bond donors (Lipinski definition) is 1. The highest BCUT2D eigenvalue weighted by Gasteiger charge is 2.24. The van der Waals surface area contributed by atoms with E-state index in [1.54, 1.807) is 6.20 Å². The lowest BCUT2D eigenvalue weighted by Gasteiger charge is -2.07. The van der Waals surface area contributed by atoms with Gasteiger partial charge < -0.3 is 10.5 Å². The SMILES string of the molecule is NCc1ncccc1OC1CC1. The van der Waals surface area contributed by atoms with E-state index in [0.717, 1.165) is 11.4 Å². The molecule has 0 unspecified atom stereocenters. The number of nitrogens with zero attached hydrogens (tertiary/aromatic N) is 1. The van der Waals surface area contributed by atoms with Crippen molar-refractivity contribution < 1.29 is 4.74 Å². The van der Waals surface area contributed by atoms with Crippen LogP contribution in [0.2, 0.25) is 0 Å². The Morgan fingerprint density at radius 2 is 2.42 bits per heavy atom. The summed E-state index contributed by atoms with van der Waals surface area (Å²) in [6, 6.07) is 3.80. The first kappa shape index (κ1) is 7.55. The van der Waals surface area contributed by atoms with E-state index in [1.807, 2.05) is 12.1 Å². The Hall–Kier alpha value is -1.09. The van der Waals surface area contributed by atoms with Gasteiger partial charge in [-0.15, -0.1) is 0 Å². The first-order valence-corrected chi connectivity index (χ1v) is 4.21. The fraction of sp³-hybridized carbons (Fsp3) is 0.444. The van der Waals surface area contributed by atoms with Crippen molar-refractivity contribution in [3.8, 4) is 5.75 Å². The summed E-state index contributed by atoms with van der Waals surface area (Å²) >= 11 is 0. The Balaban J connectivity index is 2.15. The summed E-state index contributed by atoms with van der Waals surface area (Å²) in [6.45, 7) is 0.447. The van der Waals surface area contributed by atoms with Gasteiger partial charge >= 0.3 is 0 Å². The Morgan fingerprint density at radius 3 is 3.08 bits per heavy atom. The number of nitrogens with two attached hydrogens (primary N) is 1. The van der Waals surface area contributed by atoms with Crippen LogP contribution >= 0.6 is 0 Å². The molecule has 1 fully saturated rings. The summed E-state index contributed by atoms with van der Waals surface area (Å²) in [6.07, 6.45) is 4.49. The van der Waals surface area contributed by atoms with Gasteiger partial charge in [0.2, 0.25) is 0 Å². The summed E-state index contributed by atoms with van der Waals surface area (Å²) in [7, 11) is 0. The molecule has 0 aliphatic heterocycles. The standard InChI is InChI=1S/C9H12N2O/c10-6-8-9(2-1-5-11-8)12-7-3-4-7/h1-2,5,7H,3-4,6,10H2. The second kappa shape index (κ2) is 3.11. The van der Waals surface area contributed by atoms with E-state index >= 15 is 0 Å². The van der Waals surface area contributed by atoms with Crippen LogP contribution in [0.4, 0.5) is 0 Å². The lowest BCUT2D eigenvalue weighted by atomic mass is 10.3. The van der Waals surface area contributed by atoms with Crippen LogP contribution in [-0.4, -0.2) is 11.1 Å². The van der Waals surface area contributed by atoms with Crippen molar-refractivity contribution in [2.45, 2.75) is 25.5 Å². The third-order valence-corrected chi connectivity index (χ3v) is 1.86. The predicted molar refractivity (Wildman–Crippen MR) is 45.8 cm³/mol. The lowest BCUT2D eigenvalue weighted by molar-refractivity contribution is 0.298. The second-order valence-electron chi connectivity index (χ2n) is 2.97. The molecule has 2 rings (SSSR count). The zero-order valence-electron chi connectivity index (χ0n) is 6.86. The fourth-order valence-corrected chi connectivity index (χ4v) is 1.05. The second-order valence-corrected chi connectivity index (χ2v) is 2.97.